The average Bonchev–Trinajstić information content (AvgIpc) is 3.16. The first-order valence-corrected chi connectivity index (χ1v) is 8.95. The van der Waals surface area contributed by atoms with Crippen molar-refractivity contribution in [3.8, 4) is 11.8 Å². The lowest BCUT2D eigenvalue weighted by Gasteiger charge is -2.15. The highest BCUT2D eigenvalue weighted by Gasteiger charge is 2.18. The van der Waals surface area contributed by atoms with Crippen molar-refractivity contribution in [1.82, 2.24) is 19.5 Å². The fraction of sp³-hybridized carbons (Fsp3) is 0.118. The Kier molecular flexibility index (Phi) is 4.61. The summed E-state index contributed by atoms with van der Waals surface area (Å²) >= 11 is 0. The van der Waals surface area contributed by atoms with E-state index in [9.17, 15) is 8.42 Å². The van der Waals surface area contributed by atoms with Crippen LogP contribution in [0.15, 0.2) is 66.1 Å². The Morgan fingerprint density at radius 2 is 1.80 bits per heavy atom. The molecule has 1 heterocycles. The summed E-state index contributed by atoms with van der Waals surface area (Å²) in [6, 6.07) is 14.7. The zero-order valence-electron chi connectivity index (χ0n) is 13.4. The molecular weight excluding hydrogens is 338 g/mol. The molecule has 0 spiro atoms. The molecule has 126 valence electrons. The third kappa shape index (κ3) is 3.74. The molecule has 1 atom stereocenters. The van der Waals surface area contributed by atoms with Crippen LogP contribution < -0.4 is 4.72 Å². The van der Waals surface area contributed by atoms with Gasteiger partial charge in [-0.1, -0.05) is 12.1 Å². The van der Waals surface area contributed by atoms with Crippen LogP contribution in [0.25, 0.3) is 5.69 Å². The molecular formula is C17H15N5O2S. The molecule has 8 heteroatoms. The van der Waals surface area contributed by atoms with E-state index >= 15 is 0 Å². The van der Waals surface area contributed by atoms with E-state index in [2.05, 4.69) is 14.8 Å². The van der Waals surface area contributed by atoms with E-state index in [1.54, 1.807) is 17.9 Å². The average molecular weight is 353 g/mol. The number of nitrogens with one attached hydrogen (secondary N) is 1. The zero-order valence-corrected chi connectivity index (χ0v) is 14.2. The highest BCUT2D eigenvalue weighted by molar-refractivity contribution is 7.89. The lowest BCUT2D eigenvalue weighted by molar-refractivity contribution is 0.567. The van der Waals surface area contributed by atoms with Crippen molar-refractivity contribution in [1.29, 1.82) is 5.26 Å². The molecule has 0 aliphatic carbocycles. The molecule has 0 saturated carbocycles. The summed E-state index contributed by atoms with van der Waals surface area (Å²) in [5.74, 6) is 0. The lowest BCUT2D eigenvalue weighted by Crippen LogP contribution is -2.26. The van der Waals surface area contributed by atoms with Crippen molar-refractivity contribution in [2.45, 2.75) is 17.9 Å². The number of benzene rings is 2. The van der Waals surface area contributed by atoms with Crippen LogP contribution in [0.5, 0.6) is 0 Å². The molecule has 0 bridgehead atoms. The molecule has 1 aromatic heterocycles. The van der Waals surface area contributed by atoms with Crippen LogP contribution in [0.4, 0.5) is 0 Å². The van der Waals surface area contributed by atoms with E-state index in [4.69, 9.17) is 5.26 Å². The number of rotatable bonds is 5. The van der Waals surface area contributed by atoms with Crippen LogP contribution in [0, 0.1) is 11.3 Å². The molecule has 1 N–H and O–H groups in total. The molecule has 0 amide bonds. The minimum Gasteiger partial charge on any atom is -0.223 e. The second kappa shape index (κ2) is 6.84. The first kappa shape index (κ1) is 16.8. The molecule has 3 rings (SSSR count). The Labute approximate surface area is 145 Å². The third-order valence-electron chi connectivity index (χ3n) is 3.70. The summed E-state index contributed by atoms with van der Waals surface area (Å²) in [6.45, 7) is 1.77. The number of hydrogen-bond acceptors (Lipinski definition) is 5. The molecule has 3 aromatic rings. The molecule has 7 nitrogen and oxygen atoms in total. The lowest BCUT2D eigenvalue weighted by atomic mass is 10.1. The van der Waals surface area contributed by atoms with Gasteiger partial charge < -0.3 is 0 Å². The van der Waals surface area contributed by atoms with Gasteiger partial charge in [0.25, 0.3) is 0 Å². The van der Waals surface area contributed by atoms with Gasteiger partial charge in [-0.05, 0) is 48.9 Å². The normalized spacial score (nSPS) is 12.5. The van der Waals surface area contributed by atoms with Crippen molar-refractivity contribution < 1.29 is 8.42 Å². The minimum absolute atomic E-state index is 0.123. The standard InChI is InChI=1S/C17H15N5O2S/c1-13(15-4-6-16(7-5-15)22-12-19-11-20-22)21-25(23,24)17-8-2-14(10-18)3-9-17/h2-9,11-13,21H,1H3/t13-/m1/s1. The van der Waals surface area contributed by atoms with Gasteiger partial charge in [0.05, 0.1) is 22.2 Å². The van der Waals surface area contributed by atoms with Crippen molar-refractivity contribution in [2.24, 2.45) is 0 Å². The van der Waals surface area contributed by atoms with Gasteiger partial charge in [-0.25, -0.2) is 22.8 Å². The number of aromatic nitrogens is 3. The molecule has 0 aliphatic rings. The summed E-state index contributed by atoms with van der Waals surface area (Å²) in [5.41, 5.74) is 2.07. The van der Waals surface area contributed by atoms with Gasteiger partial charge in [0.15, 0.2) is 0 Å². The Bertz CT molecular complexity index is 989. The Hall–Kier alpha value is -3.02. The van der Waals surface area contributed by atoms with E-state index in [-0.39, 0.29) is 4.90 Å². The molecule has 0 aliphatic heterocycles. The first-order valence-electron chi connectivity index (χ1n) is 7.47. The smallest absolute Gasteiger partial charge is 0.223 e. The molecule has 25 heavy (non-hydrogen) atoms. The summed E-state index contributed by atoms with van der Waals surface area (Å²) in [7, 11) is -3.67. The Morgan fingerprint density at radius 1 is 1.12 bits per heavy atom. The van der Waals surface area contributed by atoms with Crippen LogP contribution in [0.2, 0.25) is 0 Å². The Morgan fingerprint density at radius 3 is 2.36 bits per heavy atom. The van der Waals surface area contributed by atoms with Crippen LogP contribution in [0.1, 0.15) is 24.1 Å². The van der Waals surface area contributed by atoms with Crippen molar-refractivity contribution in [3.63, 3.8) is 0 Å². The molecule has 0 radical (unpaired) electrons. The van der Waals surface area contributed by atoms with Gasteiger partial charge in [0.1, 0.15) is 12.7 Å². The van der Waals surface area contributed by atoms with Gasteiger partial charge in [0.2, 0.25) is 10.0 Å². The zero-order chi connectivity index (χ0) is 17.9. The molecule has 2 aromatic carbocycles. The monoisotopic (exact) mass is 353 g/mol. The molecule has 0 unspecified atom stereocenters. The molecule has 0 fully saturated rings. The van der Waals surface area contributed by atoms with Crippen LogP contribution >= 0.6 is 0 Å². The van der Waals surface area contributed by atoms with Crippen molar-refractivity contribution >= 4 is 10.0 Å². The van der Waals surface area contributed by atoms with E-state index in [0.717, 1.165) is 11.3 Å². The highest BCUT2D eigenvalue weighted by atomic mass is 32.2. The maximum absolute atomic E-state index is 12.5. The van der Waals surface area contributed by atoms with Crippen molar-refractivity contribution in [2.75, 3.05) is 0 Å². The van der Waals surface area contributed by atoms with Gasteiger partial charge in [-0.15, -0.1) is 0 Å². The Balaban J connectivity index is 1.76. The van der Waals surface area contributed by atoms with Gasteiger partial charge in [-0.3, -0.25) is 0 Å². The second-order valence-electron chi connectivity index (χ2n) is 5.41. The van der Waals surface area contributed by atoms with E-state index in [0.29, 0.717) is 5.56 Å². The molecule has 0 saturated heterocycles. The summed E-state index contributed by atoms with van der Waals surface area (Å²) in [5, 5.41) is 12.8. The topological polar surface area (TPSA) is 101 Å². The maximum atomic E-state index is 12.5. The predicted molar refractivity (Wildman–Crippen MR) is 91.3 cm³/mol. The predicted octanol–water partition coefficient (Wildman–Crippen LogP) is 2.18. The largest absolute Gasteiger partial charge is 0.241 e. The fourth-order valence-corrected chi connectivity index (χ4v) is 3.57. The van der Waals surface area contributed by atoms with Gasteiger partial charge >= 0.3 is 0 Å². The maximum Gasteiger partial charge on any atom is 0.241 e. The SMILES string of the molecule is C[C@@H](NS(=O)(=O)c1ccc(C#N)cc1)c1ccc(-n2cncn2)cc1. The van der Waals surface area contributed by atoms with Crippen LogP contribution in [-0.4, -0.2) is 23.2 Å². The quantitative estimate of drug-likeness (QED) is 0.757. The van der Waals surface area contributed by atoms with E-state index in [1.807, 2.05) is 30.3 Å². The van der Waals surface area contributed by atoms with Crippen LogP contribution in [-0.2, 0) is 10.0 Å². The fourth-order valence-electron chi connectivity index (χ4n) is 2.33. The number of sulfonamides is 1. The highest BCUT2D eigenvalue weighted by Crippen LogP contribution is 2.19. The van der Waals surface area contributed by atoms with Crippen molar-refractivity contribution in [3.05, 3.63) is 72.3 Å². The summed E-state index contributed by atoms with van der Waals surface area (Å²) < 4.78 is 29.2. The number of nitrogens with zero attached hydrogens (tertiary/aromatic N) is 4. The number of hydrogen-bond donors (Lipinski definition) is 1. The van der Waals surface area contributed by atoms with Gasteiger partial charge in [0, 0.05) is 6.04 Å². The van der Waals surface area contributed by atoms with Crippen LogP contribution in [0.3, 0.4) is 0 Å². The van der Waals surface area contributed by atoms with E-state index in [1.165, 1.54) is 30.6 Å². The summed E-state index contributed by atoms with van der Waals surface area (Å²) in [4.78, 5) is 4.01. The second-order valence-corrected chi connectivity index (χ2v) is 7.12. The van der Waals surface area contributed by atoms with Gasteiger partial charge in [-0.2, -0.15) is 10.4 Å². The first-order chi connectivity index (χ1) is 12.0. The van der Waals surface area contributed by atoms with E-state index < -0.39 is 16.1 Å². The summed E-state index contributed by atoms with van der Waals surface area (Å²) in [6.07, 6.45) is 3.04. The number of nitriles is 1. The minimum atomic E-state index is -3.67. The third-order valence-corrected chi connectivity index (χ3v) is 5.26.